The zero-order valence-electron chi connectivity index (χ0n) is 37.9. The molecule has 0 amide bonds. The van der Waals surface area contributed by atoms with Crippen molar-refractivity contribution in [2.75, 3.05) is 27.2 Å². The van der Waals surface area contributed by atoms with Gasteiger partial charge in [-0.25, -0.2) is 4.79 Å². The number of phenolic OH excluding ortho intramolecular Hbond substituents is 6. The number of esters is 1. The van der Waals surface area contributed by atoms with Gasteiger partial charge in [-0.3, -0.25) is 9.59 Å². The molecule has 17 nitrogen and oxygen atoms in total. The van der Waals surface area contributed by atoms with Crippen molar-refractivity contribution in [3.63, 3.8) is 0 Å². The molecular formula is C51H51N7O10. The highest BCUT2D eigenvalue weighted by Crippen LogP contribution is 2.37. The lowest BCUT2D eigenvalue weighted by molar-refractivity contribution is 0.0482. The number of azo groups is 3. The fourth-order valence-corrected chi connectivity index (χ4v) is 7.06. The highest BCUT2D eigenvalue weighted by molar-refractivity contribution is 6.00. The van der Waals surface area contributed by atoms with Crippen molar-refractivity contribution in [2.45, 2.75) is 52.4 Å². The third kappa shape index (κ3) is 13.4. The molecule has 0 heterocycles. The van der Waals surface area contributed by atoms with Gasteiger partial charge in [-0.15, -0.1) is 30.7 Å². The van der Waals surface area contributed by atoms with Crippen molar-refractivity contribution in [2.24, 2.45) is 30.7 Å². The van der Waals surface area contributed by atoms with Gasteiger partial charge in [0.05, 0.1) is 16.9 Å². The van der Waals surface area contributed by atoms with Crippen LogP contribution in [0, 0.1) is 0 Å². The van der Waals surface area contributed by atoms with Crippen molar-refractivity contribution in [3.05, 3.63) is 142 Å². The summed E-state index contributed by atoms with van der Waals surface area (Å²) in [6.07, 6.45) is 3.53. The molecule has 6 aromatic rings. The number of Topliss-reactive ketones (excluding diaryl/α,β-unsaturated/α-hetero) is 2. The summed E-state index contributed by atoms with van der Waals surface area (Å²) in [4.78, 5) is 41.3. The Labute approximate surface area is 392 Å². The number of ketones is 2. The Morgan fingerprint density at radius 2 is 0.941 bits per heavy atom. The van der Waals surface area contributed by atoms with E-state index in [0.717, 1.165) is 53.3 Å². The van der Waals surface area contributed by atoms with Crippen LogP contribution in [0.25, 0.3) is 0 Å². The summed E-state index contributed by atoms with van der Waals surface area (Å²) in [5.74, 6) is -2.38. The van der Waals surface area contributed by atoms with Crippen molar-refractivity contribution < 1.29 is 49.8 Å². The fourth-order valence-electron chi connectivity index (χ4n) is 7.06. The second-order valence-corrected chi connectivity index (χ2v) is 16.3. The highest BCUT2D eigenvalue weighted by atomic mass is 16.5. The number of unbranched alkanes of at least 4 members (excludes halogenated alkanes) is 2. The molecule has 0 aromatic heterocycles. The van der Waals surface area contributed by atoms with Gasteiger partial charge in [0.15, 0.2) is 11.6 Å². The number of nitrogens with zero attached hydrogens (tertiary/aromatic N) is 7. The smallest absolute Gasteiger partial charge is 0.340 e. The van der Waals surface area contributed by atoms with Crippen molar-refractivity contribution in [1.29, 1.82) is 0 Å². The van der Waals surface area contributed by atoms with E-state index in [0.29, 0.717) is 43.5 Å². The molecule has 6 aromatic carbocycles. The minimum atomic E-state index is -0.577. The molecule has 0 radical (unpaired) electrons. The van der Waals surface area contributed by atoms with Gasteiger partial charge in [-0.2, -0.15) is 0 Å². The summed E-state index contributed by atoms with van der Waals surface area (Å²) >= 11 is 0. The zero-order valence-corrected chi connectivity index (χ0v) is 37.9. The number of hydrogen-bond donors (Lipinski definition) is 6. The maximum atomic E-state index is 13.3. The van der Waals surface area contributed by atoms with Crippen LogP contribution < -0.4 is 0 Å². The van der Waals surface area contributed by atoms with Gasteiger partial charge < -0.3 is 40.3 Å². The van der Waals surface area contributed by atoms with Crippen LogP contribution in [0.2, 0.25) is 0 Å². The average Bonchev–Trinajstić information content (AvgIpc) is 3.28. The standard InChI is InChI=1S/C51H51N7O10/c1-30(59)39-25-33(11-16-42(39)52-54-44-17-12-36(61)27-47(44)64)22-34-23-35(50(40(26-34)31(2)60)57-56-46-19-14-38(63)29-49(46)66)9-7-5-6-8-32-10-15-43(41(24-32)51(67)68-21-20-58(3)4)53-55-45-18-13-37(62)28-48(45)65/h10-19,23-29,61-66H,5-9,20-22H2,1-4H3. The molecule has 0 bridgehead atoms. The number of phenols is 6. The third-order valence-electron chi connectivity index (χ3n) is 10.6. The molecule has 0 aliphatic heterocycles. The second-order valence-electron chi connectivity index (χ2n) is 16.3. The number of carbonyl (C=O) groups excluding carboxylic acids is 3. The van der Waals surface area contributed by atoms with Crippen LogP contribution in [0.3, 0.4) is 0 Å². The van der Waals surface area contributed by atoms with Crippen molar-refractivity contribution in [3.8, 4) is 34.5 Å². The average molecular weight is 922 g/mol. The van der Waals surface area contributed by atoms with E-state index < -0.39 is 5.97 Å². The van der Waals surface area contributed by atoms with Gasteiger partial charge in [-0.05, 0) is 149 Å². The molecule has 0 atom stereocenters. The SMILES string of the molecule is CC(=O)c1cc(Cc2cc(CCCCCc3ccc(N=Nc4ccc(O)cc4O)c(C(=O)OCCN(C)C)c3)c(N=Nc3ccc(O)cc3O)c(C(C)=O)c2)ccc1N=Nc1ccc(O)cc1O. The monoisotopic (exact) mass is 921 g/mol. The Bertz CT molecular complexity index is 2930. The summed E-state index contributed by atoms with van der Waals surface area (Å²) in [5.41, 5.74) is 5.03. The zero-order chi connectivity index (χ0) is 48.9. The minimum Gasteiger partial charge on any atom is -0.508 e. The van der Waals surface area contributed by atoms with Crippen LogP contribution in [-0.4, -0.2) is 80.3 Å². The Hall–Kier alpha value is -8.31. The number of aryl methyl sites for hydroxylation is 2. The lowest BCUT2D eigenvalue weighted by Crippen LogP contribution is -2.20. The molecule has 6 N–H and O–H groups in total. The molecule has 0 unspecified atom stereocenters. The first-order valence-electron chi connectivity index (χ1n) is 21.6. The van der Waals surface area contributed by atoms with Crippen LogP contribution in [0.5, 0.6) is 34.5 Å². The van der Waals surface area contributed by atoms with E-state index in [2.05, 4.69) is 30.7 Å². The third-order valence-corrected chi connectivity index (χ3v) is 10.6. The minimum absolute atomic E-state index is 0.0916. The van der Waals surface area contributed by atoms with E-state index in [9.17, 15) is 45.0 Å². The first-order chi connectivity index (χ1) is 32.5. The van der Waals surface area contributed by atoms with Crippen molar-refractivity contribution in [1.82, 2.24) is 4.90 Å². The number of benzene rings is 6. The molecule has 0 aliphatic rings. The van der Waals surface area contributed by atoms with Crippen LogP contribution in [0.4, 0.5) is 34.1 Å². The number of rotatable bonds is 20. The van der Waals surface area contributed by atoms with Gasteiger partial charge in [0.2, 0.25) is 0 Å². The largest absolute Gasteiger partial charge is 0.508 e. The Morgan fingerprint density at radius 1 is 0.485 bits per heavy atom. The van der Waals surface area contributed by atoms with E-state index >= 15 is 0 Å². The van der Waals surface area contributed by atoms with E-state index in [1.807, 2.05) is 31.1 Å². The topological polar surface area (TPSA) is 259 Å². The number of hydrogen-bond acceptors (Lipinski definition) is 17. The molecule has 0 fully saturated rings. The summed E-state index contributed by atoms with van der Waals surface area (Å²) in [5, 5.41) is 85.2. The molecule has 68 heavy (non-hydrogen) atoms. The molecular weight excluding hydrogens is 871 g/mol. The van der Waals surface area contributed by atoms with Crippen molar-refractivity contribution >= 4 is 51.7 Å². The molecule has 0 saturated carbocycles. The van der Waals surface area contributed by atoms with Crippen LogP contribution >= 0.6 is 0 Å². The molecule has 6 rings (SSSR count). The summed E-state index contributed by atoms with van der Waals surface area (Å²) in [7, 11) is 3.73. The van der Waals surface area contributed by atoms with E-state index in [1.165, 1.54) is 50.2 Å². The maximum absolute atomic E-state index is 13.3. The van der Waals surface area contributed by atoms with Gasteiger partial charge >= 0.3 is 5.97 Å². The van der Waals surface area contributed by atoms with E-state index in [-0.39, 0.29) is 92.2 Å². The molecule has 17 heteroatoms. The predicted molar refractivity (Wildman–Crippen MR) is 254 cm³/mol. The number of likely N-dealkylation sites (N-methyl/N-ethyl adjacent to an activating group) is 1. The van der Waals surface area contributed by atoms with Gasteiger partial charge in [0.1, 0.15) is 63.9 Å². The Morgan fingerprint density at radius 3 is 1.47 bits per heavy atom. The lowest BCUT2D eigenvalue weighted by atomic mass is 9.93. The first kappa shape index (κ1) is 49.1. The first-order valence-corrected chi connectivity index (χ1v) is 21.6. The quantitative estimate of drug-likeness (QED) is 0.0181. The summed E-state index contributed by atoms with van der Waals surface area (Å²) in [6, 6.07) is 25.7. The van der Waals surface area contributed by atoms with Gasteiger partial charge in [-0.1, -0.05) is 24.6 Å². The van der Waals surface area contributed by atoms with Crippen LogP contribution in [0.15, 0.2) is 134 Å². The van der Waals surface area contributed by atoms with Crippen LogP contribution in [-0.2, 0) is 24.0 Å². The van der Waals surface area contributed by atoms with Crippen LogP contribution in [0.1, 0.15) is 86.4 Å². The number of carbonyl (C=O) groups is 3. The van der Waals surface area contributed by atoms with Gasteiger partial charge in [0, 0.05) is 35.9 Å². The highest BCUT2D eigenvalue weighted by Gasteiger charge is 2.18. The second kappa shape index (κ2) is 22.7. The number of aromatic hydroxyl groups is 6. The van der Waals surface area contributed by atoms with E-state index in [4.69, 9.17) is 4.74 Å². The molecule has 350 valence electrons. The Kier molecular flexibility index (Phi) is 16.4. The van der Waals surface area contributed by atoms with Gasteiger partial charge in [0.25, 0.3) is 0 Å². The summed E-state index contributed by atoms with van der Waals surface area (Å²) in [6.45, 7) is 3.50. The fraction of sp³-hybridized carbons (Fsp3) is 0.235. The normalized spacial score (nSPS) is 11.6. The number of ether oxygens (including phenoxy) is 1. The molecule has 0 spiro atoms. The maximum Gasteiger partial charge on any atom is 0.340 e. The predicted octanol–water partition coefficient (Wildman–Crippen LogP) is 11.8. The molecule has 0 aliphatic carbocycles. The molecule has 0 saturated heterocycles. The Balaban J connectivity index is 1.24. The lowest BCUT2D eigenvalue weighted by Gasteiger charge is -2.14. The summed E-state index contributed by atoms with van der Waals surface area (Å²) < 4.78 is 5.55. The van der Waals surface area contributed by atoms with E-state index in [1.54, 1.807) is 36.4 Å².